The molecule has 1 aliphatic heterocycles. The van der Waals surface area contributed by atoms with Crippen LogP contribution < -0.4 is 5.32 Å². The Morgan fingerprint density at radius 3 is 2.88 bits per heavy atom. The Morgan fingerprint density at radius 1 is 1.44 bits per heavy atom. The summed E-state index contributed by atoms with van der Waals surface area (Å²) in [5.41, 5.74) is 1.34. The van der Waals surface area contributed by atoms with E-state index in [4.69, 9.17) is 0 Å². The summed E-state index contributed by atoms with van der Waals surface area (Å²) in [4.78, 5) is 13.3. The topological polar surface area (TPSA) is 32.3 Å². The third-order valence-corrected chi connectivity index (χ3v) is 2.93. The van der Waals surface area contributed by atoms with Crippen molar-refractivity contribution in [2.75, 3.05) is 13.1 Å². The predicted octanol–water partition coefficient (Wildman–Crippen LogP) is 1.40. The highest BCUT2D eigenvalue weighted by atomic mass is 16.1. The van der Waals surface area contributed by atoms with E-state index in [1.807, 2.05) is 6.07 Å². The summed E-state index contributed by atoms with van der Waals surface area (Å²) in [5.74, 6) is 0.0755. The Balaban J connectivity index is 1.83. The fourth-order valence-electron chi connectivity index (χ4n) is 2.22. The number of nitrogens with one attached hydrogen (secondary N) is 1. The Kier molecular flexibility index (Phi) is 3.57. The van der Waals surface area contributed by atoms with Crippen molar-refractivity contribution in [2.24, 2.45) is 0 Å². The van der Waals surface area contributed by atoms with Gasteiger partial charge in [-0.25, -0.2) is 0 Å². The molecule has 16 heavy (non-hydrogen) atoms. The monoisotopic (exact) mass is 218 g/mol. The summed E-state index contributed by atoms with van der Waals surface area (Å²) >= 11 is 0. The van der Waals surface area contributed by atoms with Crippen LogP contribution in [0.2, 0.25) is 0 Å². The average molecular weight is 218 g/mol. The van der Waals surface area contributed by atoms with Crippen LogP contribution in [0.15, 0.2) is 30.3 Å². The molecule has 0 saturated carbocycles. The summed E-state index contributed by atoms with van der Waals surface area (Å²) < 4.78 is 0. The summed E-state index contributed by atoms with van der Waals surface area (Å²) in [6.07, 6.45) is 1.06. The molecule has 86 valence electrons. The SMILES string of the molecule is CC(=O)N[C@H]1CCN(Cc2ccccc2)C1. The highest BCUT2D eigenvalue weighted by Gasteiger charge is 2.22. The molecule has 0 radical (unpaired) electrons. The molecule has 2 rings (SSSR count). The third-order valence-electron chi connectivity index (χ3n) is 2.93. The maximum Gasteiger partial charge on any atom is 0.217 e. The van der Waals surface area contributed by atoms with E-state index >= 15 is 0 Å². The molecule has 1 aromatic rings. The van der Waals surface area contributed by atoms with E-state index in [1.165, 1.54) is 5.56 Å². The van der Waals surface area contributed by atoms with Gasteiger partial charge in [-0.3, -0.25) is 9.69 Å². The third kappa shape index (κ3) is 3.07. The lowest BCUT2D eigenvalue weighted by Crippen LogP contribution is -2.35. The Morgan fingerprint density at radius 2 is 2.19 bits per heavy atom. The molecular formula is C13H18N2O. The van der Waals surface area contributed by atoms with Crippen molar-refractivity contribution in [1.29, 1.82) is 0 Å². The molecule has 1 fully saturated rings. The first-order valence-corrected chi connectivity index (χ1v) is 5.77. The molecule has 1 N–H and O–H groups in total. The first-order valence-electron chi connectivity index (χ1n) is 5.77. The zero-order chi connectivity index (χ0) is 11.4. The van der Waals surface area contributed by atoms with Gasteiger partial charge in [0.15, 0.2) is 0 Å². The van der Waals surface area contributed by atoms with Gasteiger partial charge in [0, 0.05) is 32.6 Å². The van der Waals surface area contributed by atoms with E-state index in [-0.39, 0.29) is 5.91 Å². The van der Waals surface area contributed by atoms with Crippen molar-refractivity contribution in [3.8, 4) is 0 Å². The minimum absolute atomic E-state index is 0.0755. The number of carbonyl (C=O) groups is 1. The van der Waals surface area contributed by atoms with Crippen LogP contribution in [0.5, 0.6) is 0 Å². The summed E-state index contributed by atoms with van der Waals surface area (Å²) in [5, 5.41) is 2.98. The van der Waals surface area contributed by atoms with Crippen LogP contribution in [0.4, 0.5) is 0 Å². The van der Waals surface area contributed by atoms with E-state index in [0.717, 1.165) is 26.1 Å². The molecule has 0 unspecified atom stereocenters. The number of amides is 1. The molecule has 1 heterocycles. The van der Waals surface area contributed by atoms with E-state index in [2.05, 4.69) is 34.5 Å². The number of rotatable bonds is 3. The smallest absolute Gasteiger partial charge is 0.217 e. The van der Waals surface area contributed by atoms with Gasteiger partial charge in [-0.1, -0.05) is 30.3 Å². The van der Waals surface area contributed by atoms with Crippen LogP contribution in [-0.2, 0) is 11.3 Å². The number of nitrogens with zero attached hydrogens (tertiary/aromatic N) is 1. The van der Waals surface area contributed by atoms with E-state index in [1.54, 1.807) is 6.92 Å². The molecular weight excluding hydrogens is 200 g/mol. The minimum Gasteiger partial charge on any atom is -0.352 e. The normalized spacial score (nSPS) is 20.9. The number of hydrogen-bond acceptors (Lipinski definition) is 2. The summed E-state index contributed by atoms with van der Waals surface area (Å²) in [6.45, 7) is 4.60. The van der Waals surface area contributed by atoms with Crippen molar-refractivity contribution in [2.45, 2.75) is 25.9 Å². The average Bonchev–Trinajstić information content (AvgIpc) is 2.66. The van der Waals surface area contributed by atoms with Crippen molar-refractivity contribution in [1.82, 2.24) is 10.2 Å². The highest BCUT2D eigenvalue weighted by molar-refractivity contribution is 5.73. The number of hydrogen-bond donors (Lipinski definition) is 1. The molecule has 3 heteroatoms. The van der Waals surface area contributed by atoms with Gasteiger partial charge in [-0.15, -0.1) is 0 Å². The Labute approximate surface area is 96.5 Å². The largest absolute Gasteiger partial charge is 0.352 e. The van der Waals surface area contributed by atoms with Gasteiger partial charge in [-0.05, 0) is 12.0 Å². The molecule has 1 saturated heterocycles. The van der Waals surface area contributed by atoms with Gasteiger partial charge in [0.1, 0.15) is 0 Å². The molecule has 0 aliphatic carbocycles. The van der Waals surface area contributed by atoms with E-state index in [9.17, 15) is 4.79 Å². The van der Waals surface area contributed by atoms with Gasteiger partial charge in [0.05, 0.1) is 0 Å². The minimum atomic E-state index is 0.0755. The zero-order valence-corrected chi connectivity index (χ0v) is 9.65. The molecule has 3 nitrogen and oxygen atoms in total. The number of likely N-dealkylation sites (tertiary alicyclic amines) is 1. The fraction of sp³-hybridized carbons (Fsp3) is 0.462. The van der Waals surface area contributed by atoms with Gasteiger partial charge in [0.2, 0.25) is 5.91 Å². The van der Waals surface area contributed by atoms with Crippen LogP contribution in [0, 0.1) is 0 Å². The molecule has 0 bridgehead atoms. The van der Waals surface area contributed by atoms with Gasteiger partial charge in [0.25, 0.3) is 0 Å². The van der Waals surface area contributed by atoms with Crippen LogP contribution in [0.3, 0.4) is 0 Å². The highest BCUT2D eigenvalue weighted by Crippen LogP contribution is 2.13. The van der Waals surface area contributed by atoms with Crippen molar-refractivity contribution >= 4 is 5.91 Å². The number of carbonyl (C=O) groups excluding carboxylic acids is 1. The zero-order valence-electron chi connectivity index (χ0n) is 9.65. The molecule has 1 aliphatic rings. The summed E-state index contributed by atoms with van der Waals surface area (Å²) in [7, 11) is 0. The van der Waals surface area contributed by atoms with Crippen molar-refractivity contribution < 1.29 is 4.79 Å². The quantitative estimate of drug-likeness (QED) is 0.831. The Hall–Kier alpha value is -1.35. The maximum atomic E-state index is 10.9. The standard InChI is InChI=1S/C13H18N2O/c1-11(16)14-13-7-8-15(10-13)9-12-5-3-2-4-6-12/h2-6,13H,7-10H2,1H3,(H,14,16)/t13-/m0/s1. The lowest BCUT2D eigenvalue weighted by atomic mass is 10.2. The van der Waals surface area contributed by atoms with Gasteiger partial charge in [-0.2, -0.15) is 0 Å². The predicted molar refractivity (Wildman–Crippen MR) is 63.9 cm³/mol. The van der Waals surface area contributed by atoms with Gasteiger partial charge >= 0.3 is 0 Å². The summed E-state index contributed by atoms with van der Waals surface area (Å²) in [6, 6.07) is 10.8. The van der Waals surface area contributed by atoms with Crippen LogP contribution in [0.25, 0.3) is 0 Å². The molecule has 0 aromatic heterocycles. The van der Waals surface area contributed by atoms with E-state index in [0.29, 0.717) is 6.04 Å². The van der Waals surface area contributed by atoms with E-state index < -0.39 is 0 Å². The lowest BCUT2D eigenvalue weighted by molar-refractivity contribution is -0.119. The second-order valence-corrected chi connectivity index (χ2v) is 4.41. The number of benzene rings is 1. The van der Waals surface area contributed by atoms with Crippen molar-refractivity contribution in [3.63, 3.8) is 0 Å². The van der Waals surface area contributed by atoms with Crippen molar-refractivity contribution in [3.05, 3.63) is 35.9 Å². The molecule has 1 amide bonds. The molecule has 0 spiro atoms. The first-order chi connectivity index (χ1) is 7.74. The maximum absolute atomic E-state index is 10.9. The lowest BCUT2D eigenvalue weighted by Gasteiger charge is -2.16. The second kappa shape index (κ2) is 5.12. The van der Waals surface area contributed by atoms with Crippen LogP contribution >= 0.6 is 0 Å². The Bertz CT molecular complexity index is 350. The van der Waals surface area contributed by atoms with Gasteiger partial charge < -0.3 is 5.32 Å². The first kappa shape index (κ1) is 11.1. The molecule has 1 aromatic carbocycles. The fourth-order valence-corrected chi connectivity index (χ4v) is 2.22. The van der Waals surface area contributed by atoms with Crippen LogP contribution in [0.1, 0.15) is 18.9 Å². The molecule has 1 atom stereocenters. The van der Waals surface area contributed by atoms with Crippen LogP contribution in [-0.4, -0.2) is 29.9 Å². The second-order valence-electron chi connectivity index (χ2n) is 4.41.